The average Bonchev–Trinajstić information content (AvgIpc) is 2.85. The number of hydrogen-bond acceptors (Lipinski definition) is 5. The largest absolute Gasteiger partial charge is 0.473 e. The molecule has 0 unspecified atom stereocenters. The van der Waals surface area contributed by atoms with E-state index in [1.165, 1.54) is 11.3 Å². The van der Waals surface area contributed by atoms with Crippen LogP contribution in [0.1, 0.15) is 4.88 Å². The van der Waals surface area contributed by atoms with Crippen LogP contribution in [0.3, 0.4) is 0 Å². The zero-order valence-corrected chi connectivity index (χ0v) is 8.75. The van der Waals surface area contributed by atoms with Gasteiger partial charge < -0.3 is 14.7 Å². The zero-order valence-electron chi connectivity index (χ0n) is 7.93. The van der Waals surface area contributed by atoms with Crippen LogP contribution in [0.15, 0.2) is 12.2 Å². The van der Waals surface area contributed by atoms with E-state index in [0.29, 0.717) is 5.19 Å². The molecule has 1 aliphatic rings. The Hall–Kier alpha value is -1.07. The Labute approximate surface area is 86.5 Å². The fraction of sp³-hybridized carbons (Fsp3) is 0.444. The first kappa shape index (κ1) is 9.48. The van der Waals surface area contributed by atoms with E-state index >= 15 is 0 Å². The summed E-state index contributed by atoms with van der Waals surface area (Å²) >= 11 is 1.39. The molecule has 1 aliphatic heterocycles. The molecule has 0 saturated heterocycles. The summed E-state index contributed by atoms with van der Waals surface area (Å²) < 4.78 is 5.05. The summed E-state index contributed by atoms with van der Waals surface area (Å²) in [6, 6.07) is 0. The molecule has 0 bridgehead atoms. The van der Waals surface area contributed by atoms with Gasteiger partial charge in [0.1, 0.15) is 5.82 Å². The fourth-order valence-corrected chi connectivity index (χ4v) is 2.17. The topological polar surface area (TPSA) is 45.6 Å². The van der Waals surface area contributed by atoms with Gasteiger partial charge in [0.25, 0.3) is 5.19 Å². The maximum absolute atomic E-state index is 9.16. The third-order valence-electron chi connectivity index (χ3n) is 2.09. The van der Waals surface area contributed by atoms with Crippen LogP contribution in [0.25, 0.3) is 0 Å². The minimum atomic E-state index is 0.0207. The predicted octanol–water partition coefficient (Wildman–Crippen LogP) is 1.02. The molecule has 1 aromatic rings. The Morgan fingerprint density at radius 1 is 1.57 bits per heavy atom. The second kappa shape index (κ2) is 3.98. The maximum Gasteiger partial charge on any atom is 0.275 e. The van der Waals surface area contributed by atoms with Crippen molar-refractivity contribution in [3.63, 3.8) is 0 Å². The highest BCUT2D eigenvalue weighted by Crippen LogP contribution is 2.31. The van der Waals surface area contributed by atoms with Crippen molar-refractivity contribution in [2.45, 2.75) is 6.61 Å². The van der Waals surface area contributed by atoms with Crippen molar-refractivity contribution < 1.29 is 9.84 Å². The summed E-state index contributed by atoms with van der Waals surface area (Å²) in [5, 5.41) is 9.76. The van der Waals surface area contributed by atoms with Crippen LogP contribution >= 0.6 is 11.3 Å². The molecule has 14 heavy (non-hydrogen) atoms. The predicted molar refractivity (Wildman–Crippen MR) is 55.9 cm³/mol. The highest BCUT2D eigenvalue weighted by atomic mass is 32.1. The summed E-state index contributed by atoms with van der Waals surface area (Å²) in [5.41, 5.74) is 0. The summed E-state index contributed by atoms with van der Waals surface area (Å²) in [6.07, 6.45) is 4.18. The molecule has 0 saturated carbocycles. The minimum Gasteiger partial charge on any atom is -0.473 e. The number of methoxy groups -OCH3 is 1. The van der Waals surface area contributed by atoms with Crippen molar-refractivity contribution in [3.8, 4) is 5.19 Å². The van der Waals surface area contributed by atoms with E-state index in [0.717, 1.165) is 23.8 Å². The number of rotatable bonds is 3. The Bertz CT molecular complexity index is 341. The van der Waals surface area contributed by atoms with E-state index in [1.807, 2.05) is 0 Å². The van der Waals surface area contributed by atoms with Crippen LogP contribution in [0.2, 0.25) is 0 Å². The molecule has 0 aromatic carbocycles. The number of nitrogens with zero attached hydrogens (tertiary/aromatic N) is 2. The van der Waals surface area contributed by atoms with Crippen molar-refractivity contribution >= 4 is 17.2 Å². The Morgan fingerprint density at radius 2 is 2.29 bits per heavy atom. The summed E-state index contributed by atoms with van der Waals surface area (Å²) in [5.74, 6) is 0.847. The summed E-state index contributed by atoms with van der Waals surface area (Å²) in [7, 11) is 1.59. The molecule has 1 aromatic heterocycles. The quantitative estimate of drug-likeness (QED) is 0.760. The molecule has 5 heteroatoms. The smallest absolute Gasteiger partial charge is 0.275 e. The first-order chi connectivity index (χ1) is 6.85. The third kappa shape index (κ3) is 1.60. The van der Waals surface area contributed by atoms with Gasteiger partial charge in [-0.3, -0.25) is 0 Å². The zero-order chi connectivity index (χ0) is 9.97. The summed E-state index contributed by atoms with van der Waals surface area (Å²) in [4.78, 5) is 7.27. The second-order valence-corrected chi connectivity index (χ2v) is 4.01. The van der Waals surface area contributed by atoms with E-state index < -0.39 is 0 Å². The Morgan fingerprint density at radius 3 is 2.86 bits per heavy atom. The lowest BCUT2D eigenvalue weighted by molar-refractivity contribution is 0.285. The minimum absolute atomic E-state index is 0.0207. The molecule has 0 amide bonds. The molecule has 2 rings (SSSR count). The number of hydrogen-bond donors (Lipinski definition) is 1. The molecule has 4 nitrogen and oxygen atoms in total. The molecule has 0 radical (unpaired) electrons. The van der Waals surface area contributed by atoms with Gasteiger partial charge in [0, 0.05) is 13.1 Å². The number of ether oxygens (including phenoxy) is 1. The van der Waals surface area contributed by atoms with Crippen LogP contribution in [0, 0.1) is 0 Å². The first-order valence-electron chi connectivity index (χ1n) is 4.39. The van der Waals surface area contributed by atoms with Crippen molar-refractivity contribution in [1.82, 2.24) is 4.98 Å². The molecule has 0 spiro atoms. The van der Waals surface area contributed by atoms with E-state index in [-0.39, 0.29) is 6.61 Å². The molecule has 0 atom stereocenters. The van der Waals surface area contributed by atoms with Crippen LogP contribution < -0.4 is 9.64 Å². The van der Waals surface area contributed by atoms with E-state index in [9.17, 15) is 0 Å². The molecular formula is C9H12N2O2S. The number of aromatic nitrogens is 1. The molecule has 1 N–H and O–H groups in total. The van der Waals surface area contributed by atoms with Crippen LogP contribution in [-0.2, 0) is 6.61 Å². The van der Waals surface area contributed by atoms with Gasteiger partial charge in [-0.1, -0.05) is 23.5 Å². The molecule has 76 valence electrons. The lowest BCUT2D eigenvalue weighted by Gasteiger charge is -2.15. The Kier molecular flexibility index (Phi) is 2.69. The highest BCUT2D eigenvalue weighted by molar-refractivity contribution is 7.13. The third-order valence-corrected chi connectivity index (χ3v) is 3.08. The number of anilines is 1. The van der Waals surface area contributed by atoms with Gasteiger partial charge in [-0.05, 0) is 0 Å². The number of thiazole rings is 1. The average molecular weight is 212 g/mol. The van der Waals surface area contributed by atoms with Gasteiger partial charge in [-0.15, -0.1) is 0 Å². The van der Waals surface area contributed by atoms with Gasteiger partial charge in [0.2, 0.25) is 0 Å². The van der Waals surface area contributed by atoms with Crippen LogP contribution in [0.5, 0.6) is 5.19 Å². The van der Waals surface area contributed by atoms with Crippen molar-refractivity contribution in [1.29, 1.82) is 0 Å². The van der Waals surface area contributed by atoms with E-state index in [4.69, 9.17) is 9.84 Å². The standard InChI is InChI=1S/C9H12N2O2S/c1-13-9-10-8(7(6-12)14-9)11-4-2-3-5-11/h2-3,12H,4-6H2,1H3. The number of aliphatic hydroxyl groups excluding tert-OH is 1. The van der Waals surface area contributed by atoms with Crippen LogP contribution in [0.4, 0.5) is 5.82 Å². The molecule has 0 aliphatic carbocycles. The first-order valence-corrected chi connectivity index (χ1v) is 5.21. The van der Waals surface area contributed by atoms with Gasteiger partial charge in [-0.2, -0.15) is 4.98 Å². The van der Waals surface area contributed by atoms with E-state index in [2.05, 4.69) is 22.0 Å². The van der Waals surface area contributed by atoms with Crippen molar-refractivity contribution in [2.75, 3.05) is 25.1 Å². The normalized spacial score (nSPS) is 15.1. The van der Waals surface area contributed by atoms with Gasteiger partial charge in [0.15, 0.2) is 0 Å². The lowest BCUT2D eigenvalue weighted by Crippen LogP contribution is -2.20. The number of aliphatic hydroxyl groups is 1. The highest BCUT2D eigenvalue weighted by Gasteiger charge is 2.17. The SMILES string of the molecule is COc1nc(N2CC=CC2)c(CO)s1. The Balaban J connectivity index is 2.26. The maximum atomic E-state index is 9.16. The fourth-order valence-electron chi connectivity index (χ4n) is 1.41. The molecular weight excluding hydrogens is 200 g/mol. The van der Waals surface area contributed by atoms with Crippen molar-refractivity contribution in [3.05, 3.63) is 17.0 Å². The molecule has 2 heterocycles. The summed E-state index contributed by atoms with van der Waals surface area (Å²) in [6.45, 7) is 1.74. The van der Waals surface area contributed by atoms with Gasteiger partial charge >= 0.3 is 0 Å². The monoisotopic (exact) mass is 212 g/mol. The van der Waals surface area contributed by atoms with Crippen LogP contribution in [-0.4, -0.2) is 30.3 Å². The van der Waals surface area contributed by atoms with E-state index in [1.54, 1.807) is 7.11 Å². The lowest BCUT2D eigenvalue weighted by atomic mass is 10.4. The van der Waals surface area contributed by atoms with Gasteiger partial charge in [0.05, 0.1) is 18.6 Å². The molecule has 0 fully saturated rings. The second-order valence-electron chi connectivity index (χ2n) is 2.97. The van der Waals surface area contributed by atoms with Gasteiger partial charge in [-0.25, -0.2) is 0 Å². The van der Waals surface area contributed by atoms with Crippen molar-refractivity contribution in [2.24, 2.45) is 0 Å².